The van der Waals surface area contributed by atoms with Crippen LogP contribution in [0, 0.1) is 0 Å². The molecule has 0 aliphatic rings. The summed E-state index contributed by atoms with van der Waals surface area (Å²) in [7, 11) is 1.16. The van der Waals surface area contributed by atoms with Crippen LogP contribution in [0.25, 0.3) is 11.0 Å². The van der Waals surface area contributed by atoms with Gasteiger partial charge >= 0.3 is 12.1 Å². The standard InChI is InChI=1S/C10H6BrF3N2O2/c1-18-9(17)8-15-6-2-4(10(12,13)14)5(11)3-7(6)16-8/h2-3H,1H3,(H,15,16). The predicted molar refractivity (Wildman–Crippen MR) is 60.1 cm³/mol. The van der Waals surface area contributed by atoms with Crippen molar-refractivity contribution in [2.75, 3.05) is 7.11 Å². The maximum atomic E-state index is 12.7. The number of hydrogen-bond acceptors (Lipinski definition) is 3. The number of ether oxygens (including phenoxy) is 1. The first-order valence-corrected chi connectivity index (χ1v) is 5.47. The third kappa shape index (κ3) is 2.20. The monoisotopic (exact) mass is 322 g/mol. The molecule has 0 unspecified atom stereocenters. The zero-order valence-corrected chi connectivity index (χ0v) is 10.5. The summed E-state index contributed by atoms with van der Waals surface area (Å²) in [6.07, 6.45) is -4.48. The van der Waals surface area contributed by atoms with Gasteiger partial charge in [0.1, 0.15) is 0 Å². The lowest BCUT2D eigenvalue weighted by molar-refractivity contribution is -0.138. The van der Waals surface area contributed by atoms with E-state index in [1.54, 1.807) is 0 Å². The minimum Gasteiger partial charge on any atom is -0.463 e. The molecule has 1 aromatic carbocycles. The molecule has 0 saturated carbocycles. The largest absolute Gasteiger partial charge is 0.463 e. The third-order valence-electron chi connectivity index (χ3n) is 2.25. The topological polar surface area (TPSA) is 55.0 Å². The van der Waals surface area contributed by atoms with Crippen LogP contribution in [0.2, 0.25) is 0 Å². The molecule has 0 atom stereocenters. The number of nitrogens with one attached hydrogen (secondary N) is 1. The number of esters is 1. The Labute approximate surface area is 107 Å². The lowest BCUT2D eigenvalue weighted by Gasteiger charge is -2.08. The van der Waals surface area contributed by atoms with Gasteiger partial charge in [-0.05, 0) is 12.1 Å². The van der Waals surface area contributed by atoms with Gasteiger partial charge in [-0.2, -0.15) is 13.2 Å². The number of aromatic nitrogens is 2. The van der Waals surface area contributed by atoms with E-state index in [4.69, 9.17) is 0 Å². The highest BCUT2D eigenvalue weighted by molar-refractivity contribution is 9.10. The molecule has 0 amide bonds. The summed E-state index contributed by atoms with van der Waals surface area (Å²) in [4.78, 5) is 17.5. The number of halogens is 4. The fourth-order valence-corrected chi connectivity index (χ4v) is 2.00. The number of aromatic amines is 1. The van der Waals surface area contributed by atoms with Crippen molar-refractivity contribution in [2.24, 2.45) is 0 Å². The average Bonchev–Trinajstić information content (AvgIpc) is 2.68. The molecular formula is C10H6BrF3N2O2. The summed E-state index contributed by atoms with van der Waals surface area (Å²) in [6, 6.07) is 2.08. The molecule has 2 aromatic rings. The van der Waals surface area contributed by atoms with Gasteiger partial charge in [-0.15, -0.1) is 0 Å². The minimum absolute atomic E-state index is 0.117. The second-order valence-corrected chi connectivity index (χ2v) is 4.28. The first kappa shape index (κ1) is 12.9. The van der Waals surface area contributed by atoms with Crippen molar-refractivity contribution in [2.45, 2.75) is 6.18 Å². The van der Waals surface area contributed by atoms with E-state index in [1.165, 1.54) is 6.07 Å². The van der Waals surface area contributed by atoms with Crippen molar-refractivity contribution >= 4 is 32.9 Å². The van der Waals surface area contributed by atoms with Crippen LogP contribution in [0.15, 0.2) is 16.6 Å². The maximum Gasteiger partial charge on any atom is 0.417 e. The molecule has 2 rings (SSSR count). The molecule has 0 fully saturated rings. The van der Waals surface area contributed by atoms with Crippen molar-refractivity contribution in [3.05, 3.63) is 28.0 Å². The number of methoxy groups -OCH3 is 1. The van der Waals surface area contributed by atoms with Crippen LogP contribution < -0.4 is 0 Å². The number of H-pyrrole nitrogens is 1. The Morgan fingerprint density at radius 3 is 2.67 bits per heavy atom. The Morgan fingerprint density at radius 1 is 1.44 bits per heavy atom. The van der Waals surface area contributed by atoms with Crippen LogP contribution in [0.3, 0.4) is 0 Å². The van der Waals surface area contributed by atoms with E-state index in [0.717, 1.165) is 13.2 Å². The predicted octanol–water partition coefficient (Wildman–Crippen LogP) is 3.13. The van der Waals surface area contributed by atoms with E-state index in [0.29, 0.717) is 0 Å². The Bertz CT molecular complexity index is 621. The highest BCUT2D eigenvalue weighted by Gasteiger charge is 2.33. The molecule has 1 aromatic heterocycles. The molecule has 8 heteroatoms. The SMILES string of the molecule is COC(=O)c1nc2cc(Br)c(C(F)(F)F)cc2[nH]1. The van der Waals surface area contributed by atoms with Gasteiger partial charge in [-0.3, -0.25) is 0 Å². The summed E-state index contributed by atoms with van der Waals surface area (Å²) in [5.74, 6) is -0.880. The molecule has 0 aliphatic carbocycles. The van der Waals surface area contributed by atoms with E-state index in [-0.39, 0.29) is 21.3 Å². The molecule has 0 spiro atoms. The second kappa shape index (κ2) is 4.27. The smallest absolute Gasteiger partial charge is 0.417 e. The van der Waals surface area contributed by atoms with Gasteiger partial charge in [0.2, 0.25) is 5.82 Å². The molecule has 18 heavy (non-hydrogen) atoms. The Hall–Kier alpha value is -1.57. The van der Waals surface area contributed by atoms with Crippen molar-refractivity contribution in [3.8, 4) is 0 Å². The molecule has 1 N–H and O–H groups in total. The van der Waals surface area contributed by atoms with E-state index in [2.05, 4.69) is 30.6 Å². The first-order valence-electron chi connectivity index (χ1n) is 4.67. The number of fused-ring (bicyclic) bond motifs is 1. The van der Waals surface area contributed by atoms with Crippen LogP contribution >= 0.6 is 15.9 Å². The summed E-state index contributed by atoms with van der Waals surface area (Å²) in [6.45, 7) is 0. The molecule has 96 valence electrons. The fraction of sp³-hybridized carbons (Fsp3) is 0.200. The second-order valence-electron chi connectivity index (χ2n) is 3.42. The Morgan fingerprint density at radius 2 is 2.11 bits per heavy atom. The highest BCUT2D eigenvalue weighted by atomic mass is 79.9. The van der Waals surface area contributed by atoms with Crippen molar-refractivity contribution in [1.29, 1.82) is 0 Å². The molecule has 0 radical (unpaired) electrons. The number of alkyl halides is 3. The molecule has 0 bridgehead atoms. The maximum absolute atomic E-state index is 12.7. The number of imidazole rings is 1. The Kier molecular flexibility index (Phi) is 3.05. The molecule has 1 heterocycles. The van der Waals surface area contributed by atoms with E-state index in [9.17, 15) is 18.0 Å². The van der Waals surface area contributed by atoms with Crippen molar-refractivity contribution < 1.29 is 22.7 Å². The van der Waals surface area contributed by atoms with Gasteiger partial charge in [0.15, 0.2) is 0 Å². The minimum atomic E-state index is -4.48. The summed E-state index contributed by atoms with van der Waals surface area (Å²) >= 11 is 2.83. The van der Waals surface area contributed by atoms with E-state index >= 15 is 0 Å². The molecule has 0 aliphatic heterocycles. The van der Waals surface area contributed by atoms with Crippen LogP contribution in [0.5, 0.6) is 0 Å². The summed E-state index contributed by atoms with van der Waals surface area (Å²) < 4.78 is 42.2. The lowest BCUT2D eigenvalue weighted by atomic mass is 10.2. The average molecular weight is 323 g/mol. The van der Waals surface area contributed by atoms with E-state index < -0.39 is 17.7 Å². The number of nitrogens with zero attached hydrogens (tertiary/aromatic N) is 1. The third-order valence-corrected chi connectivity index (χ3v) is 2.91. The normalized spacial score (nSPS) is 11.8. The number of carbonyl (C=O) groups is 1. The number of hydrogen-bond donors (Lipinski definition) is 1. The van der Waals surface area contributed by atoms with Crippen molar-refractivity contribution in [1.82, 2.24) is 9.97 Å². The summed E-state index contributed by atoms with van der Waals surface area (Å²) in [5.41, 5.74) is -0.476. The molecule has 4 nitrogen and oxygen atoms in total. The van der Waals surface area contributed by atoms with Gasteiger partial charge in [0.25, 0.3) is 0 Å². The van der Waals surface area contributed by atoms with Crippen LogP contribution in [-0.2, 0) is 10.9 Å². The van der Waals surface area contributed by atoms with Gasteiger partial charge in [0, 0.05) is 4.47 Å². The number of carbonyl (C=O) groups excluding carboxylic acids is 1. The number of rotatable bonds is 1. The van der Waals surface area contributed by atoms with Crippen molar-refractivity contribution in [3.63, 3.8) is 0 Å². The lowest BCUT2D eigenvalue weighted by Crippen LogP contribution is -2.05. The molecular weight excluding hydrogens is 317 g/mol. The van der Waals surface area contributed by atoms with Gasteiger partial charge in [-0.1, -0.05) is 15.9 Å². The highest BCUT2D eigenvalue weighted by Crippen LogP contribution is 2.36. The van der Waals surface area contributed by atoms with Crippen LogP contribution in [0.4, 0.5) is 13.2 Å². The Balaban J connectivity index is 2.61. The summed E-state index contributed by atoms with van der Waals surface area (Å²) in [5, 5.41) is 0. The number of benzene rings is 1. The van der Waals surface area contributed by atoms with Gasteiger partial charge in [-0.25, -0.2) is 9.78 Å². The van der Waals surface area contributed by atoms with E-state index in [1.807, 2.05) is 0 Å². The zero-order valence-electron chi connectivity index (χ0n) is 8.93. The zero-order chi connectivity index (χ0) is 13.5. The van der Waals surface area contributed by atoms with Crippen LogP contribution in [-0.4, -0.2) is 23.0 Å². The molecule has 0 saturated heterocycles. The van der Waals surface area contributed by atoms with Crippen LogP contribution in [0.1, 0.15) is 16.2 Å². The van der Waals surface area contributed by atoms with Gasteiger partial charge in [0.05, 0.1) is 23.7 Å². The fourth-order valence-electron chi connectivity index (χ4n) is 1.44. The quantitative estimate of drug-likeness (QED) is 0.821. The van der Waals surface area contributed by atoms with Gasteiger partial charge < -0.3 is 9.72 Å². The first-order chi connectivity index (χ1) is 8.32.